The summed E-state index contributed by atoms with van der Waals surface area (Å²) in [5.74, 6) is -2.48. The number of para-hydroxylation sites is 1. The topological polar surface area (TPSA) is 38.0 Å². The Balaban J connectivity index is 2.38. The summed E-state index contributed by atoms with van der Waals surface area (Å²) in [6.45, 7) is 0. The predicted molar refractivity (Wildman–Crippen MR) is 91.6 cm³/mol. The number of thioether (sulfide) groups is 1. The average molecular weight is 389 g/mol. The molecule has 0 heterocycles. The molecule has 2 aromatic carbocycles. The molecule has 0 bridgehead atoms. The zero-order valence-electron chi connectivity index (χ0n) is 10.6. The third-order valence-electron chi connectivity index (χ3n) is 2.62. The van der Waals surface area contributed by atoms with Crippen molar-refractivity contribution in [2.75, 3.05) is 5.32 Å². The van der Waals surface area contributed by atoms with Gasteiger partial charge in [-0.2, -0.15) is 8.78 Å². The Bertz CT molecular complexity index is 665. The van der Waals surface area contributed by atoms with E-state index in [1.165, 1.54) is 0 Å². The maximum Gasteiger partial charge on any atom is 0.288 e. The van der Waals surface area contributed by atoms with Crippen molar-refractivity contribution in [2.45, 2.75) is 10.7 Å². The van der Waals surface area contributed by atoms with Crippen LogP contribution in [0.15, 0.2) is 51.8 Å². The van der Waals surface area contributed by atoms with Crippen LogP contribution in [0.2, 0.25) is 0 Å². The normalized spacial score (nSPS) is 10.7. The predicted octanol–water partition coefficient (Wildman–Crippen LogP) is 5.14. The van der Waals surface area contributed by atoms with Crippen LogP contribution in [-0.4, -0.2) is 10.7 Å². The molecular weight excluding hydrogens is 378 g/mol. The van der Waals surface area contributed by atoms with Gasteiger partial charge in [-0.3, -0.25) is 0 Å². The highest BCUT2D eigenvalue weighted by Gasteiger charge is 2.12. The van der Waals surface area contributed by atoms with Gasteiger partial charge in [-0.05, 0) is 30.3 Å². The lowest BCUT2D eigenvalue weighted by Crippen LogP contribution is -2.12. The van der Waals surface area contributed by atoms with Crippen molar-refractivity contribution < 1.29 is 8.78 Å². The lowest BCUT2D eigenvalue weighted by atomic mass is 10.1. The number of rotatable bonds is 5. The summed E-state index contributed by atoms with van der Waals surface area (Å²) in [5.41, 5.74) is 7.59. The molecule has 0 saturated carbocycles. The van der Waals surface area contributed by atoms with Crippen molar-refractivity contribution in [3.63, 3.8) is 0 Å². The molecule has 7 heteroatoms. The molecule has 0 unspecified atom stereocenters. The Kier molecular flexibility index (Phi) is 5.55. The van der Waals surface area contributed by atoms with Gasteiger partial charge >= 0.3 is 0 Å². The zero-order valence-corrected chi connectivity index (χ0v) is 13.9. The summed E-state index contributed by atoms with van der Waals surface area (Å²) in [7, 11) is 0. The largest absolute Gasteiger partial charge is 0.389 e. The van der Waals surface area contributed by atoms with Crippen LogP contribution >= 0.6 is 39.9 Å². The van der Waals surface area contributed by atoms with E-state index < -0.39 is 5.76 Å². The molecule has 0 aliphatic rings. The lowest BCUT2D eigenvalue weighted by molar-refractivity contribution is 0.252. The summed E-state index contributed by atoms with van der Waals surface area (Å²) < 4.78 is 26.0. The van der Waals surface area contributed by atoms with Crippen LogP contribution in [0.5, 0.6) is 0 Å². The SMILES string of the molecule is NC(=S)c1ccc(Br)cc1Nc1ccccc1SC(F)F. The number of benzene rings is 2. The van der Waals surface area contributed by atoms with Crippen molar-refractivity contribution >= 4 is 56.3 Å². The summed E-state index contributed by atoms with van der Waals surface area (Å²) in [5, 5.41) is 3.12. The van der Waals surface area contributed by atoms with Crippen LogP contribution in [0.4, 0.5) is 20.2 Å². The molecule has 0 saturated heterocycles. The number of nitrogens with two attached hydrogens (primary N) is 1. The molecule has 2 nitrogen and oxygen atoms in total. The number of hydrogen-bond donors (Lipinski definition) is 2. The van der Waals surface area contributed by atoms with Crippen molar-refractivity contribution in [3.05, 3.63) is 52.5 Å². The third-order valence-corrected chi connectivity index (χ3v) is 4.12. The molecular formula is C14H11BrF2N2S2. The summed E-state index contributed by atoms with van der Waals surface area (Å²) in [4.78, 5) is 0.699. The Morgan fingerprint density at radius 1 is 1.19 bits per heavy atom. The molecule has 0 aliphatic carbocycles. The van der Waals surface area contributed by atoms with E-state index in [2.05, 4.69) is 21.2 Å². The first-order valence-electron chi connectivity index (χ1n) is 5.87. The second kappa shape index (κ2) is 7.20. The fraction of sp³-hybridized carbons (Fsp3) is 0.0714. The van der Waals surface area contributed by atoms with Crippen LogP contribution in [0.25, 0.3) is 0 Å². The second-order valence-corrected chi connectivity index (χ2v) is 6.44. The maximum atomic E-state index is 12.6. The third kappa shape index (κ3) is 4.39. The highest BCUT2D eigenvalue weighted by atomic mass is 79.9. The molecule has 0 radical (unpaired) electrons. The van der Waals surface area contributed by atoms with Crippen LogP contribution in [-0.2, 0) is 0 Å². The minimum absolute atomic E-state index is 0.240. The molecule has 0 spiro atoms. The fourth-order valence-electron chi connectivity index (χ4n) is 1.75. The molecule has 0 aliphatic heterocycles. The first-order valence-corrected chi connectivity index (χ1v) is 7.95. The number of alkyl halides is 2. The first kappa shape index (κ1) is 16.2. The van der Waals surface area contributed by atoms with Crippen LogP contribution in [0.1, 0.15) is 5.56 Å². The Hall–Kier alpha value is -1.18. The minimum Gasteiger partial charge on any atom is -0.389 e. The molecule has 0 atom stereocenters. The van der Waals surface area contributed by atoms with E-state index in [1.807, 2.05) is 6.07 Å². The van der Waals surface area contributed by atoms with Crippen LogP contribution in [0, 0.1) is 0 Å². The van der Waals surface area contributed by atoms with Gasteiger partial charge in [0.25, 0.3) is 5.76 Å². The minimum atomic E-state index is -2.48. The monoisotopic (exact) mass is 388 g/mol. The van der Waals surface area contributed by atoms with E-state index in [4.69, 9.17) is 18.0 Å². The standard InChI is InChI=1S/C14H11BrF2N2S2/c15-8-5-6-9(13(18)20)11(7-8)19-10-3-1-2-4-12(10)21-14(16)17/h1-7,14,19H,(H2,18,20). The van der Waals surface area contributed by atoms with Crippen LogP contribution in [0.3, 0.4) is 0 Å². The van der Waals surface area contributed by atoms with Gasteiger partial charge in [0.2, 0.25) is 0 Å². The molecule has 110 valence electrons. The van der Waals surface area contributed by atoms with Gasteiger partial charge in [-0.25, -0.2) is 0 Å². The average Bonchev–Trinajstić information content (AvgIpc) is 2.40. The second-order valence-electron chi connectivity index (χ2n) is 4.05. The smallest absolute Gasteiger partial charge is 0.288 e. The number of anilines is 2. The molecule has 0 amide bonds. The van der Waals surface area contributed by atoms with Gasteiger partial charge in [0.1, 0.15) is 4.99 Å². The lowest BCUT2D eigenvalue weighted by Gasteiger charge is -2.14. The van der Waals surface area contributed by atoms with E-state index in [0.29, 0.717) is 33.6 Å². The molecule has 21 heavy (non-hydrogen) atoms. The van der Waals surface area contributed by atoms with Gasteiger partial charge in [0, 0.05) is 20.6 Å². The number of nitrogens with one attached hydrogen (secondary N) is 1. The van der Waals surface area contributed by atoms with Gasteiger partial charge in [-0.15, -0.1) is 0 Å². The fourth-order valence-corrected chi connectivity index (χ4v) is 2.88. The van der Waals surface area contributed by atoms with Crippen molar-refractivity contribution in [2.24, 2.45) is 5.73 Å². The Morgan fingerprint density at radius 3 is 2.57 bits per heavy atom. The van der Waals surface area contributed by atoms with Gasteiger partial charge in [-0.1, -0.05) is 52.0 Å². The van der Waals surface area contributed by atoms with E-state index in [1.54, 1.807) is 36.4 Å². The summed E-state index contributed by atoms with van der Waals surface area (Å²) in [6.07, 6.45) is 0. The van der Waals surface area contributed by atoms with Crippen molar-refractivity contribution in [1.29, 1.82) is 0 Å². The van der Waals surface area contributed by atoms with E-state index in [9.17, 15) is 8.78 Å². The van der Waals surface area contributed by atoms with Crippen molar-refractivity contribution in [1.82, 2.24) is 0 Å². The zero-order chi connectivity index (χ0) is 15.4. The Morgan fingerprint density at radius 2 is 1.90 bits per heavy atom. The quantitative estimate of drug-likeness (QED) is 0.549. The number of hydrogen-bond acceptors (Lipinski definition) is 3. The van der Waals surface area contributed by atoms with Crippen molar-refractivity contribution in [3.8, 4) is 0 Å². The summed E-state index contributed by atoms with van der Waals surface area (Å²) in [6, 6.07) is 12.3. The van der Waals surface area contributed by atoms with Crippen LogP contribution < -0.4 is 11.1 Å². The maximum absolute atomic E-state index is 12.6. The van der Waals surface area contributed by atoms with Gasteiger partial charge in [0.15, 0.2) is 0 Å². The molecule has 2 rings (SSSR count). The van der Waals surface area contributed by atoms with E-state index >= 15 is 0 Å². The summed E-state index contributed by atoms with van der Waals surface area (Å²) >= 11 is 8.87. The van der Waals surface area contributed by atoms with E-state index in [-0.39, 0.29) is 4.99 Å². The van der Waals surface area contributed by atoms with E-state index in [0.717, 1.165) is 4.47 Å². The Labute approximate surface area is 139 Å². The molecule has 0 aromatic heterocycles. The molecule has 2 aromatic rings. The van der Waals surface area contributed by atoms with Gasteiger partial charge < -0.3 is 11.1 Å². The highest BCUT2D eigenvalue weighted by molar-refractivity contribution is 9.10. The number of thiocarbonyl (C=S) groups is 1. The van der Waals surface area contributed by atoms with Gasteiger partial charge in [0.05, 0.1) is 5.69 Å². The highest BCUT2D eigenvalue weighted by Crippen LogP contribution is 2.34. The number of halogens is 3. The molecule has 3 N–H and O–H groups in total. The first-order chi connectivity index (χ1) is 9.97. The molecule has 0 fully saturated rings.